The van der Waals surface area contributed by atoms with Crippen LogP contribution in [-0.4, -0.2) is 21.1 Å². The van der Waals surface area contributed by atoms with Crippen LogP contribution in [0.3, 0.4) is 0 Å². The van der Waals surface area contributed by atoms with Crippen molar-refractivity contribution in [2.24, 2.45) is 5.92 Å². The fourth-order valence-electron chi connectivity index (χ4n) is 2.23. The Morgan fingerprint density at radius 3 is 2.53 bits per heavy atom. The van der Waals surface area contributed by atoms with Crippen LogP contribution < -0.4 is 4.74 Å². The molecule has 0 bridgehead atoms. The van der Waals surface area contributed by atoms with Crippen molar-refractivity contribution in [3.8, 4) is 6.01 Å². The Balaban J connectivity index is 2.00. The minimum Gasteiger partial charge on any atom is -0.460 e. The summed E-state index contributed by atoms with van der Waals surface area (Å²) in [6.45, 7) is 2.21. The van der Waals surface area contributed by atoms with Gasteiger partial charge in [0.15, 0.2) is 0 Å². The van der Waals surface area contributed by atoms with Crippen LogP contribution in [0, 0.1) is 5.92 Å². The maximum Gasteiger partial charge on any atom is 0.322 e. The molecule has 1 aromatic heterocycles. The van der Waals surface area contributed by atoms with E-state index in [-0.39, 0.29) is 22.7 Å². The predicted octanol–water partition coefficient (Wildman–Crippen LogP) is 3.53. The van der Waals surface area contributed by atoms with Gasteiger partial charge in [-0.3, -0.25) is 0 Å². The molecule has 1 aliphatic rings. The Hall–Kier alpha value is -0.610. The Morgan fingerprint density at radius 1 is 1.18 bits per heavy atom. The monoisotopic (exact) mass is 275 g/mol. The number of nitrogens with zero attached hydrogens (tertiary/aromatic N) is 3. The SMILES string of the molecule is CCC1CCCC(Oc2nc(Cl)nc(Cl)n2)C1. The quantitative estimate of drug-likeness (QED) is 0.847. The molecule has 17 heavy (non-hydrogen) atoms. The van der Waals surface area contributed by atoms with E-state index in [1.54, 1.807) is 0 Å². The molecule has 4 nitrogen and oxygen atoms in total. The van der Waals surface area contributed by atoms with Crippen LogP contribution in [-0.2, 0) is 0 Å². The Kier molecular flexibility index (Phi) is 4.40. The highest BCUT2D eigenvalue weighted by Crippen LogP contribution is 2.29. The average Bonchev–Trinajstić information content (AvgIpc) is 2.28. The van der Waals surface area contributed by atoms with Gasteiger partial charge in [0.05, 0.1) is 0 Å². The summed E-state index contributed by atoms with van der Waals surface area (Å²) in [4.78, 5) is 11.5. The zero-order valence-corrected chi connectivity index (χ0v) is 11.2. The van der Waals surface area contributed by atoms with Gasteiger partial charge < -0.3 is 4.74 Å². The molecule has 6 heteroatoms. The van der Waals surface area contributed by atoms with Crippen molar-refractivity contribution >= 4 is 23.2 Å². The summed E-state index contributed by atoms with van der Waals surface area (Å²) >= 11 is 11.4. The number of aromatic nitrogens is 3. The Bertz CT molecular complexity index is 369. The van der Waals surface area contributed by atoms with Crippen molar-refractivity contribution in [2.45, 2.75) is 45.1 Å². The van der Waals surface area contributed by atoms with E-state index in [0.29, 0.717) is 0 Å². The predicted molar refractivity (Wildman–Crippen MR) is 66.5 cm³/mol. The number of rotatable bonds is 3. The summed E-state index contributed by atoms with van der Waals surface area (Å²) in [6, 6.07) is 0.233. The van der Waals surface area contributed by atoms with Crippen molar-refractivity contribution in [3.05, 3.63) is 10.6 Å². The molecular formula is C11H15Cl2N3O. The minimum absolute atomic E-state index is 0.0721. The maximum atomic E-state index is 5.72. The van der Waals surface area contributed by atoms with Gasteiger partial charge in [-0.25, -0.2) is 0 Å². The normalized spacial score (nSPS) is 24.6. The highest BCUT2D eigenvalue weighted by molar-refractivity contribution is 6.31. The molecule has 0 aromatic carbocycles. The second kappa shape index (κ2) is 5.83. The molecule has 2 rings (SSSR count). The van der Waals surface area contributed by atoms with Crippen molar-refractivity contribution in [1.82, 2.24) is 15.0 Å². The van der Waals surface area contributed by atoms with E-state index >= 15 is 0 Å². The van der Waals surface area contributed by atoms with Gasteiger partial charge >= 0.3 is 6.01 Å². The van der Waals surface area contributed by atoms with Crippen LogP contribution in [0.1, 0.15) is 39.0 Å². The van der Waals surface area contributed by atoms with Crippen LogP contribution in [0.4, 0.5) is 0 Å². The lowest BCUT2D eigenvalue weighted by Crippen LogP contribution is -2.25. The first kappa shape index (κ1) is 12.8. The molecular weight excluding hydrogens is 261 g/mol. The van der Waals surface area contributed by atoms with Crippen LogP contribution in [0.25, 0.3) is 0 Å². The first-order valence-electron chi connectivity index (χ1n) is 5.91. The van der Waals surface area contributed by atoms with Crippen LogP contribution in [0.15, 0.2) is 0 Å². The number of hydrogen-bond acceptors (Lipinski definition) is 4. The van der Waals surface area contributed by atoms with Crippen LogP contribution in [0.5, 0.6) is 6.01 Å². The molecule has 1 heterocycles. The highest BCUT2D eigenvalue weighted by Gasteiger charge is 2.23. The first-order chi connectivity index (χ1) is 8.17. The number of halogens is 2. The zero-order chi connectivity index (χ0) is 12.3. The van der Waals surface area contributed by atoms with Crippen LogP contribution in [0.2, 0.25) is 10.6 Å². The molecule has 0 aliphatic heterocycles. The average molecular weight is 276 g/mol. The second-order valence-corrected chi connectivity index (χ2v) is 5.01. The van der Waals surface area contributed by atoms with Crippen LogP contribution >= 0.6 is 23.2 Å². The largest absolute Gasteiger partial charge is 0.460 e. The summed E-state index contributed by atoms with van der Waals surface area (Å²) in [7, 11) is 0. The van der Waals surface area contributed by atoms with E-state index in [2.05, 4.69) is 21.9 Å². The number of ether oxygens (including phenoxy) is 1. The fourth-order valence-corrected chi connectivity index (χ4v) is 2.58. The second-order valence-electron chi connectivity index (χ2n) is 4.34. The summed E-state index contributed by atoms with van der Waals surface area (Å²) in [5.74, 6) is 0.738. The number of hydrogen-bond donors (Lipinski definition) is 0. The van der Waals surface area contributed by atoms with Gasteiger partial charge in [-0.05, 0) is 48.4 Å². The van der Waals surface area contributed by atoms with Gasteiger partial charge in [-0.1, -0.05) is 19.8 Å². The highest BCUT2D eigenvalue weighted by atomic mass is 35.5. The standard InChI is InChI=1S/C11H15Cl2N3O/c1-2-7-4-3-5-8(6-7)17-11-15-9(12)14-10(13)16-11/h7-8H,2-6H2,1H3. The van der Waals surface area contributed by atoms with E-state index in [9.17, 15) is 0 Å². The van der Waals surface area contributed by atoms with E-state index < -0.39 is 0 Å². The summed E-state index contributed by atoms with van der Waals surface area (Å²) in [5, 5.41) is 0.144. The molecule has 1 aromatic rings. The van der Waals surface area contributed by atoms with Gasteiger partial charge in [0.2, 0.25) is 10.6 Å². The van der Waals surface area contributed by atoms with E-state index in [1.807, 2.05) is 0 Å². The maximum absolute atomic E-state index is 5.72. The van der Waals surface area contributed by atoms with Crippen molar-refractivity contribution in [3.63, 3.8) is 0 Å². The van der Waals surface area contributed by atoms with Crippen molar-refractivity contribution in [2.75, 3.05) is 0 Å². The molecule has 0 N–H and O–H groups in total. The zero-order valence-electron chi connectivity index (χ0n) is 9.70. The van der Waals surface area contributed by atoms with Crippen molar-refractivity contribution in [1.29, 1.82) is 0 Å². The lowest BCUT2D eigenvalue weighted by atomic mass is 9.86. The molecule has 2 unspecified atom stereocenters. The summed E-state index contributed by atoms with van der Waals surface area (Å²) in [6.07, 6.45) is 5.93. The summed E-state index contributed by atoms with van der Waals surface area (Å²) < 4.78 is 5.72. The van der Waals surface area contributed by atoms with E-state index in [0.717, 1.165) is 18.8 Å². The molecule has 94 valence electrons. The molecule has 0 spiro atoms. The third-order valence-corrected chi connectivity index (χ3v) is 3.48. The topological polar surface area (TPSA) is 47.9 Å². The Morgan fingerprint density at radius 2 is 1.88 bits per heavy atom. The van der Waals surface area contributed by atoms with Gasteiger partial charge in [-0.15, -0.1) is 0 Å². The lowest BCUT2D eigenvalue weighted by Gasteiger charge is -2.28. The van der Waals surface area contributed by atoms with Gasteiger partial charge in [0.25, 0.3) is 0 Å². The Labute approximate surface area is 111 Å². The minimum atomic E-state index is 0.0721. The smallest absolute Gasteiger partial charge is 0.322 e. The first-order valence-corrected chi connectivity index (χ1v) is 6.66. The molecule has 0 saturated heterocycles. The van der Waals surface area contributed by atoms with Gasteiger partial charge in [-0.2, -0.15) is 15.0 Å². The van der Waals surface area contributed by atoms with Gasteiger partial charge in [0.1, 0.15) is 6.10 Å². The van der Waals surface area contributed by atoms with E-state index in [4.69, 9.17) is 27.9 Å². The molecule has 1 saturated carbocycles. The summed E-state index contributed by atoms with van der Waals surface area (Å²) in [5.41, 5.74) is 0. The lowest BCUT2D eigenvalue weighted by molar-refractivity contribution is 0.111. The molecule has 1 fully saturated rings. The van der Waals surface area contributed by atoms with Gasteiger partial charge in [0, 0.05) is 0 Å². The molecule has 0 amide bonds. The third kappa shape index (κ3) is 3.68. The third-order valence-electron chi connectivity index (χ3n) is 3.14. The molecule has 0 radical (unpaired) electrons. The fraction of sp³-hybridized carbons (Fsp3) is 0.727. The molecule has 2 atom stereocenters. The molecule has 1 aliphatic carbocycles. The van der Waals surface area contributed by atoms with E-state index in [1.165, 1.54) is 19.3 Å². The van der Waals surface area contributed by atoms with Crippen molar-refractivity contribution < 1.29 is 4.74 Å².